The molecule has 3 nitrogen and oxygen atoms in total. The normalized spacial score (nSPS) is 12.0. The summed E-state index contributed by atoms with van der Waals surface area (Å²) in [6.07, 6.45) is 1.72. The molecule has 0 fully saturated rings. The molecule has 2 aromatic rings. The maximum absolute atomic E-state index is 6.19. The first kappa shape index (κ1) is 14.0. The maximum Gasteiger partial charge on any atom is 0.213 e. The van der Waals surface area contributed by atoms with E-state index >= 15 is 0 Å². The van der Waals surface area contributed by atoms with Gasteiger partial charge in [-0.2, -0.15) is 0 Å². The number of halogens is 2. The van der Waals surface area contributed by atoms with Gasteiger partial charge in [-0.05, 0) is 24.6 Å². The van der Waals surface area contributed by atoms with Crippen LogP contribution in [0.2, 0.25) is 10.0 Å². The first-order chi connectivity index (χ1) is 9.11. The second-order valence-corrected chi connectivity index (χ2v) is 4.88. The van der Waals surface area contributed by atoms with Crippen LogP contribution in [0.15, 0.2) is 36.5 Å². The van der Waals surface area contributed by atoms with Gasteiger partial charge in [0.25, 0.3) is 0 Å². The van der Waals surface area contributed by atoms with Gasteiger partial charge in [0, 0.05) is 6.07 Å². The minimum absolute atomic E-state index is 0.0291. The molecular formula is C14H14Cl2N2O. The molecule has 5 heteroatoms. The molecule has 1 unspecified atom stereocenters. The molecule has 19 heavy (non-hydrogen) atoms. The summed E-state index contributed by atoms with van der Waals surface area (Å²) in [6, 6.07) is 9.34. The van der Waals surface area contributed by atoms with Crippen molar-refractivity contribution in [2.75, 3.05) is 12.4 Å². The smallest absolute Gasteiger partial charge is 0.213 e. The van der Waals surface area contributed by atoms with E-state index in [1.165, 1.54) is 0 Å². The third kappa shape index (κ3) is 3.31. The van der Waals surface area contributed by atoms with Crippen molar-refractivity contribution >= 4 is 28.9 Å². The average molecular weight is 297 g/mol. The van der Waals surface area contributed by atoms with E-state index < -0.39 is 0 Å². The van der Waals surface area contributed by atoms with E-state index in [2.05, 4.69) is 10.3 Å². The fraction of sp³-hybridized carbons (Fsp3) is 0.214. The van der Waals surface area contributed by atoms with Gasteiger partial charge in [-0.15, -0.1) is 0 Å². The highest BCUT2D eigenvalue weighted by Crippen LogP contribution is 2.31. The molecule has 1 aromatic heterocycles. The number of benzene rings is 1. The van der Waals surface area contributed by atoms with Crippen LogP contribution in [0, 0.1) is 0 Å². The second kappa shape index (κ2) is 6.13. The van der Waals surface area contributed by atoms with Gasteiger partial charge in [-0.25, -0.2) is 4.98 Å². The van der Waals surface area contributed by atoms with Crippen molar-refractivity contribution in [2.45, 2.75) is 13.0 Å². The number of pyridine rings is 1. The number of rotatable bonds is 4. The zero-order valence-corrected chi connectivity index (χ0v) is 12.2. The molecule has 0 aliphatic rings. The molecule has 1 atom stereocenters. The fourth-order valence-corrected chi connectivity index (χ4v) is 2.24. The molecule has 0 saturated heterocycles. The number of aromatic nitrogens is 1. The summed E-state index contributed by atoms with van der Waals surface area (Å²) in [7, 11) is 1.59. The SMILES string of the molecule is COc1ccc(NC(C)c2cccc(Cl)c2Cl)cn1. The Hall–Kier alpha value is -1.45. The van der Waals surface area contributed by atoms with Crippen molar-refractivity contribution in [1.82, 2.24) is 4.98 Å². The van der Waals surface area contributed by atoms with Crippen LogP contribution in [0.3, 0.4) is 0 Å². The quantitative estimate of drug-likeness (QED) is 0.897. The molecule has 1 heterocycles. The third-order valence-electron chi connectivity index (χ3n) is 2.78. The molecule has 0 aliphatic heterocycles. The fourth-order valence-electron chi connectivity index (χ4n) is 1.77. The van der Waals surface area contributed by atoms with E-state index in [1.807, 2.05) is 25.1 Å². The van der Waals surface area contributed by atoms with E-state index in [4.69, 9.17) is 27.9 Å². The van der Waals surface area contributed by atoms with E-state index in [0.29, 0.717) is 15.9 Å². The Morgan fingerprint density at radius 1 is 1.21 bits per heavy atom. The van der Waals surface area contributed by atoms with Gasteiger partial charge in [-0.3, -0.25) is 0 Å². The average Bonchev–Trinajstić information content (AvgIpc) is 2.42. The minimum Gasteiger partial charge on any atom is -0.481 e. The Morgan fingerprint density at radius 3 is 2.63 bits per heavy atom. The van der Waals surface area contributed by atoms with Crippen LogP contribution in [0.1, 0.15) is 18.5 Å². The summed E-state index contributed by atoms with van der Waals surface area (Å²) in [6.45, 7) is 2.02. The predicted octanol–water partition coefficient (Wildman–Crippen LogP) is 4.57. The summed E-state index contributed by atoms with van der Waals surface area (Å²) in [5.41, 5.74) is 1.84. The van der Waals surface area contributed by atoms with Crippen molar-refractivity contribution in [2.24, 2.45) is 0 Å². The zero-order chi connectivity index (χ0) is 13.8. The van der Waals surface area contributed by atoms with Crippen LogP contribution >= 0.6 is 23.2 Å². The van der Waals surface area contributed by atoms with Gasteiger partial charge in [0.05, 0.1) is 35.1 Å². The Balaban J connectivity index is 2.15. The van der Waals surface area contributed by atoms with Crippen molar-refractivity contribution in [3.63, 3.8) is 0 Å². The van der Waals surface area contributed by atoms with Crippen LogP contribution in [-0.4, -0.2) is 12.1 Å². The van der Waals surface area contributed by atoms with E-state index in [0.717, 1.165) is 11.3 Å². The van der Waals surface area contributed by atoms with E-state index in [-0.39, 0.29) is 6.04 Å². The summed E-state index contributed by atoms with van der Waals surface area (Å²) < 4.78 is 5.02. The van der Waals surface area contributed by atoms with Crippen LogP contribution in [0.25, 0.3) is 0 Å². The summed E-state index contributed by atoms with van der Waals surface area (Å²) in [5, 5.41) is 4.45. The molecule has 0 aliphatic carbocycles. The molecule has 0 bridgehead atoms. The number of ether oxygens (including phenoxy) is 1. The van der Waals surface area contributed by atoms with E-state index in [9.17, 15) is 0 Å². The number of methoxy groups -OCH3 is 1. The lowest BCUT2D eigenvalue weighted by Crippen LogP contribution is -2.07. The van der Waals surface area contributed by atoms with Crippen molar-refractivity contribution in [3.8, 4) is 5.88 Å². The Labute approximate surface area is 122 Å². The van der Waals surface area contributed by atoms with Crippen molar-refractivity contribution < 1.29 is 4.74 Å². The molecule has 0 radical (unpaired) electrons. The van der Waals surface area contributed by atoms with Crippen molar-refractivity contribution in [3.05, 3.63) is 52.1 Å². The number of hydrogen-bond donors (Lipinski definition) is 1. The van der Waals surface area contributed by atoms with Crippen LogP contribution in [0.5, 0.6) is 5.88 Å². The summed E-state index contributed by atoms with van der Waals surface area (Å²) in [4.78, 5) is 4.14. The van der Waals surface area contributed by atoms with Gasteiger partial charge in [0.15, 0.2) is 0 Å². The Morgan fingerprint density at radius 2 is 2.00 bits per heavy atom. The van der Waals surface area contributed by atoms with Gasteiger partial charge >= 0.3 is 0 Å². The lowest BCUT2D eigenvalue weighted by molar-refractivity contribution is 0.398. The first-order valence-electron chi connectivity index (χ1n) is 5.82. The Kier molecular flexibility index (Phi) is 4.51. The molecule has 1 aromatic carbocycles. The van der Waals surface area contributed by atoms with E-state index in [1.54, 1.807) is 25.4 Å². The molecule has 0 spiro atoms. The third-order valence-corrected chi connectivity index (χ3v) is 3.61. The van der Waals surface area contributed by atoms with Crippen LogP contribution in [0.4, 0.5) is 5.69 Å². The zero-order valence-electron chi connectivity index (χ0n) is 10.7. The number of anilines is 1. The van der Waals surface area contributed by atoms with Crippen LogP contribution in [-0.2, 0) is 0 Å². The van der Waals surface area contributed by atoms with Crippen molar-refractivity contribution in [1.29, 1.82) is 0 Å². The monoisotopic (exact) mass is 296 g/mol. The maximum atomic E-state index is 6.19. The number of nitrogens with one attached hydrogen (secondary N) is 1. The molecule has 0 amide bonds. The Bertz CT molecular complexity index is 558. The molecule has 2 rings (SSSR count). The molecule has 100 valence electrons. The number of hydrogen-bond acceptors (Lipinski definition) is 3. The van der Waals surface area contributed by atoms with Gasteiger partial charge in [-0.1, -0.05) is 35.3 Å². The van der Waals surface area contributed by atoms with Crippen LogP contribution < -0.4 is 10.1 Å². The highest BCUT2D eigenvalue weighted by molar-refractivity contribution is 6.42. The standard InChI is InChI=1S/C14H14Cl2N2O/c1-9(11-4-3-5-12(15)14(11)16)18-10-6-7-13(19-2)17-8-10/h3-9,18H,1-2H3. The highest BCUT2D eigenvalue weighted by atomic mass is 35.5. The summed E-state index contributed by atoms with van der Waals surface area (Å²) >= 11 is 12.2. The molecular weight excluding hydrogens is 283 g/mol. The largest absolute Gasteiger partial charge is 0.481 e. The lowest BCUT2D eigenvalue weighted by atomic mass is 10.1. The van der Waals surface area contributed by atoms with Gasteiger partial charge in [0.1, 0.15) is 0 Å². The molecule has 0 saturated carbocycles. The first-order valence-corrected chi connectivity index (χ1v) is 6.58. The topological polar surface area (TPSA) is 34.1 Å². The van der Waals surface area contributed by atoms with Gasteiger partial charge in [0.2, 0.25) is 5.88 Å². The second-order valence-electron chi connectivity index (χ2n) is 4.10. The minimum atomic E-state index is 0.0291. The lowest BCUT2D eigenvalue weighted by Gasteiger charge is -2.17. The summed E-state index contributed by atoms with van der Waals surface area (Å²) in [5.74, 6) is 0.582. The predicted molar refractivity (Wildman–Crippen MR) is 79.3 cm³/mol. The number of nitrogens with zero attached hydrogens (tertiary/aromatic N) is 1. The van der Waals surface area contributed by atoms with Gasteiger partial charge < -0.3 is 10.1 Å². The highest BCUT2D eigenvalue weighted by Gasteiger charge is 2.11. The molecule has 1 N–H and O–H groups in total.